The highest BCUT2D eigenvalue weighted by molar-refractivity contribution is 7.80. The molecule has 3 aromatic rings. The van der Waals surface area contributed by atoms with E-state index in [1.807, 2.05) is 48.7 Å². The minimum Gasteiger partial charge on any atom is -0.388 e. The standard InChI is InChI=1S/C16H14N4S/c17-15(21)14-10-12(6-7-18-14)11-20-9-8-19-16(20)13-4-2-1-3-5-13/h1-10H,11H2,(H2,17,21). The van der Waals surface area contributed by atoms with Crippen molar-refractivity contribution in [2.75, 3.05) is 0 Å². The third-order valence-corrected chi connectivity index (χ3v) is 3.39. The van der Waals surface area contributed by atoms with Gasteiger partial charge in [-0.25, -0.2) is 4.98 Å². The molecule has 3 rings (SSSR count). The lowest BCUT2D eigenvalue weighted by Crippen LogP contribution is -2.12. The molecule has 0 radical (unpaired) electrons. The molecule has 2 N–H and O–H groups in total. The number of imidazole rings is 1. The first-order valence-corrected chi connectivity index (χ1v) is 6.96. The fourth-order valence-electron chi connectivity index (χ4n) is 2.19. The number of nitrogens with zero attached hydrogens (tertiary/aromatic N) is 3. The van der Waals surface area contributed by atoms with E-state index in [1.54, 1.807) is 12.4 Å². The number of thiocarbonyl (C=S) groups is 1. The van der Waals surface area contributed by atoms with Gasteiger partial charge < -0.3 is 10.3 Å². The molecule has 0 unspecified atom stereocenters. The van der Waals surface area contributed by atoms with Crippen LogP contribution in [0.25, 0.3) is 11.4 Å². The summed E-state index contributed by atoms with van der Waals surface area (Å²) in [6.07, 6.45) is 5.49. The summed E-state index contributed by atoms with van der Waals surface area (Å²) in [5.41, 5.74) is 8.44. The summed E-state index contributed by atoms with van der Waals surface area (Å²) in [4.78, 5) is 8.91. The van der Waals surface area contributed by atoms with Crippen LogP contribution in [0.1, 0.15) is 11.3 Å². The van der Waals surface area contributed by atoms with E-state index in [1.165, 1.54) is 0 Å². The molecule has 0 saturated carbocycles. The van der Waals surface area contributed by atoms with E-state index in [0.717, 1.165) is 17.0 Å². The van der Waals surface area contributed by atoms with Gasteiger partial charge in [0, 0.05) is 30.7 Å². The summed E-state index contributed by atoms with van der Waals surface area (Å²) in [5.74, 6) is 0.935. The van der Waals surface area contributed by atoms with Gasteiger partial charge in [-0.2, -0.15) is 0 Å². The number of nitrogens with two attached hydrogens (primary N) is 1. The van der Waals surface area contributed by atoms with Gasteiger partial charge >= 0.3 is 0 Å². The number of aromatic nitrogens is 3. The van der Waals surface area contributed by atoms with Crippen molar-refractivity contribution in [1.29, 1.82) is 0 Å². The van der Waals surface area contributed by atoms with Gasteiger partial charge in [0.25, 0.3) is 0 Å². The van der Waals surface area contributed by atoms with Gasteiger partial charge in [0.2, 0.25) is 0 Å². The fraction of sp³-hybridized carbons (Fsp3) is 0.0625. The first kappa shape index (κ1) is 13.5. The molecule has 21 heavy (non-hydrogen) atoms. The number of pyridine rings is 1. The third-order valence-electron chi connectivity index (χ3n) is 3.18. The molecule has 0 aliphatic carbocycles. The van der Waals surface area contributed by atoms with E-state index in [-0.39, 0.29) is 0 Å². The highest BCUT2D eigenvalue weighted by Crippen LogP contribution is 2.18. The van der Waals surface area contributed by atoms with Gasteiger partial charge in [-0.1, -0.05) is 42.5 Å². The molecule has 0 atom stereocenters. The molecule has 0 amide bonds. The molecular weight excluding hydrogens is 280 g/mol. The Labute approximate surface area is 128 Å². The Morgan fingerprint density at radius 2 is 1.90 bits per heavy atom. The summed E-state index contributed by atoms with van der Waals surface area (Å²) >= 11 is 4.97. The van der Waals surface area contributed by atoms with Gasteiger partial charge in [-0.15, -0.1) is 0 Å². The van der Waals surface area contributed by atoms with Crippen LogP contribution in [0.2, 0.25) is 0 Å². The zero-order chi connectivity index (χ0) is 14.7. The van der Waals surface area contributed by atoms with E-state index in [0.29, 0.717) is 17.2 Å². The van der Waals surface area contributed by atoms with Crippen LogP contribution in [-0.2, 0) is 6.54 Å². The second-order valence-electron chi connectivity index (χ2n) is 4.66. The van der Waals surface area contributed by atoms with E-state index in [9.17, 15) is 0 Å². The third kappa shape index (κ3) is 2.98. The van der Waals surface area contributed by atoms with Crippen LogP contribution in [0.4, 0.5) is 0 Å². The second kappa shape index (κ2) is 5.85. The normalized spacial score (nSPS) is 10.5. The average molecular weight is 294 g/mol. The Hall–Kier alpha value is -2.53. The molecular formula is C16H14N4S. The maximum atomic E-state index is 5.63. The Morgan fingerprint density at radius 1 is 1.10 bits per heavy atom. The average Bonchev–Trinajstić information content (AvgIpc) is 2.96. The predicted octanol–water partition coefficient (Wildman–Crippen LogP) is 2.63. The van der Waals surface area contributed by atoms with Crippen molar-refractivity contribution in [3.8, 4) is 11.4 Å². The minimum absolute atomic E-state index is 0.311. The van der Waals surface area contributed by atoms with Gasteiger partial charge in [0.15, 0.2) is 0 Å². The van der Waals surface area contributed by atoms with Crippen LogP contribution in [-0.4, -0.2) is 19.5 Å². The van der Waals surface area contributed by atoms with Crippen molar-refractivity contribution in [2.24, 2.45) is 5.73 Å². The van der Waals surface area contributed by atoms with Crippen molar-refractivity contribution in [1.82, 2.24) is 14.5 Å². The van der Waals surface area contributed by atoms with Crippen LogP contribution in [0.5, 0.6) is 0 Å². The lowest BCUT2D eigenvalue weighted by Gasteiger charge is -2.09. The topological polar surface area (TPSA) is 56.7 Å². The maximum absolute atomic E-state index is 5.63. The molecule has 0 bridgehead atoms. The summed E-state index contributed by atoms with van der Waals surface area (Å²) < 4.78 is 2.09. The van der Waals surface area contributed by atoms with E-state index in [2.05, 4.69) is 14.5 Å². The van der Waals surface area contributed by atoms with Gasteiger partial charge in [-0.3, -0.25) is 4.98 Å². The van der Waals surface area contributed by atoms with Gasteiger partial charge in [0.05, 0.1) is 5.69 Å². The first-order valence-electron chi connectivity index (χ1n) is 6.55. The molecule has 0 fully saturated rings. The lowest BCUT2D eigenvalue weighted by molar-refractivity contribution is 0.805. The minimum atomic E-state index is 0.311. The van der Waals surface area contributed by atoms with Crippen molar-refractivity contribution >= 4 is 17.2 Å². The van der Waals surface area contributed by atoms with Crippen LogP contribution in [0, 0.1) is 0 Å². The summed E-state index contributed by atoms with van der Waals surface area (Å²) in [5, 5.41) is 0. The van der Waals surface area contributed by atoms with Gasteiger partial charge in [0.1, 0.15) is 10.8 Å². The second-order valence-corrected chi connectivity index (χ2v) is 5.10. The molecule has 2 aromatic heterocycles. The number of benzene rings is 1. The molecule has 0 aliphatic rings. The number of hydrogen-bond donors (Lipinski definition) is 1. The van der Waals surface area contributed by atoms with Crippen molar-refractivity contribution < 1.29 is 0 Å². The highest BCUT2D eigenvalue weighted by atomic mass is 32.1. The van der Waals surface area contributed by atoms with Crippen LogP contribution >= 0.6 is 12.2 Å². The Bertz CT molecular complexity index is 765. The molecule has 104 valence electrons. The number of hydrogen-bond acceptors (Lipinski definition) is 3. The monoisotopic (exact) mass is 294 g/mol. The fourth-order valence-corrected chi connectivity index (χ4v) is 2.30. The molecule has 5 heteroatoms. The lowest BCUT2D eigenvalue weighted by atomic mass is 10.2. The van der Waals surface area contributed by atoms with Crippen molar-refractivity contribution in [3.63, 3.8) is 0 Å². The highest BCUT2D eigenvalue weighted by Gasteiger charge is 2.07. The van der Waals surface area contributed by atoms with Crippen LogP contribution < -0.4 is 5.73 Å². The number of rotatable bonds is 4. The smallest absolute Gasteiger partial charge is 0.140 e. The summed E-state index contributed by atoms with van der Waals surface area (Å²) in [6, 6.07) is 14.0. The van der Waals surface area contributed by atoms with E-state index < -0.39 is 0 Å². The molecule has 0 saturated heterocycles. The maximum Gasteiger partial charge on any atom is 0.140 e. The Kier molecular flexibility index (Phi) is 3.75. The Morgan fingerprint density at radius 3 is 2.67 bits per heavy atom. The summed E-state index contributed by atoms with van der Waals surface area (Å²) in [7, 11) is 0. The zero-order valence-corrected chi connectivity index (χ0v) is 12.1. The SMILES string of the molecule is NC(=S)c1cc(Cn2ccnc2-c2ccccc2)ccn1. The van der Waals surface area contributed by atoms with E-state index >= 15 is 0 Å². The van der Waals surface area contributed by atoms with Crippen LogP contribution in [0.3, 0.4) is 0 Å². The molecule has 0 spiro atoms. The quantitative estimate of drug-likeness (QED) is 0.752. The van der Waals surface area contributed by atoms with Crippen molar-refractivity contribution in [2.45, 2.75) is 6.54 Å². The van der Waals surface area contributed by atoms with Gasteiger partial charge in [-0.05, 0) is 17.7 Å². The first-order chi connectivity index (χ1) is 10.2. The predicted molar refractivity (Wildman–Crippen MR) is 86.9 cm³/mol. The van der Waals surface area contributed by atoms with E-state index in [4.69, 9.17) is 18.0 Å². The largest absolute Gasteiger partial charge is 0.388 e. The molecule has 1 aromatic carbocycles. The van der Waals surface area contributed by atoms with Crippen molar-refractivity contribution in [3.05, 3.63) is 72.3 Å². The molecule has 2 heterocycles. The summed E-state index contributed by atoms with van der Waals surface area (Å²) in [6.45, 7) is 0.697. The molecule has 0 aliphatic heterocycles. The molecule has 4 nitrogen and oxygen atoms in total. The zero-order valence-electron chi connectivity index (χ0n) is 11.3. The van der Waals surface area contributed by atoms with Crippen LogP contribution in [0.15, 0.2) is 61.1 Å². The Balaban J connectivity index is 1.92.